The zero-order valence-corrected chi connectivity index (χ0v) is 13.0. The Morgan fingerprint density at radius 2 is 2.10 bits per heavy atom. The smallest absolute Gasteiger partial charge is 0.252 e. The van der Waals surface area contributed by atoms with Crippen LogP contribution >= 0.6 is 22.9 Å². The van der Waals surface area contributed by atoms with Crippen LogP contribution in [0.1, 0.15) is 20.1 Å². The molecule has 3 rings (SSSR count). The second-order valence-corrected chi connectivity index (χ2v) is 6.46. The molecule has 1 amide bonds. The van der Waals surface area contributed by atoms with E-state index in [0.29, 0.717) is 17.3 Å². The summed E-state index contributed by atoms with van der Waals surface area (Å²) in [5.74, 6) is -0.137. The van der Waals surface area contributed by atoms with E-state index in [9.17, 15) is 4.79 Å². The predicted molar refractivity (Wildman–Crippen MR) is 87.0 cm³/mol. The van der Waals surface area contributed by atoms with Gasteiger partial charge in [-0.25, -0.2) is 4.98 Å². The first-order valence-electron chi connectivity index (χ1n) is 6.52. The second-order valence-electron chi connectivity index (χ2n) is 4.70. The molecule has 1 aromatic carbocycles. The predicted octanol–water partition coefficient (Wildman–Crippen LogP) is 4.19. The fourth-order valence-electron chi connectivity index (χ4n) is 2.17. The van der Waals surface area contributed by atoms with Gasteiger partial charge in [0.25, 0.3) is 5.91 Å². The van der Waals surface area contributed by atoms with E-state index in [-0.39, 0.29) is 5.91 Å². The van der Waals surface area contributed by atoms with Crippen LogP contribution in [0.3, 0.4) is 0 Å². The number of thiophene rings is 1. The van der Waals surface area contributed by atoms with Gasteiger partial charge >= 0.3 is 0 Å². The molecule has 0 unspecified atom stereocenters. The van der Waals surface area contributed by atoms with Gasteiger partial charge in [-0.2, -0.15) is 0 Å². The van der Waals surface area contributed by atoms with Crippen molar-refractivity contribution in [2.45, 2.75) is 13.5 Å². The van der Waals surface area contributed by atoms with Crippen molar-refractivity contribution in [1.82, 2.24) is 10.3 Å². The number of amides is 1. The highest BCUT2D eigenvalue weighted by Gasteiger charge is 2.12. The van der Waals surface area contributed by atoms with Crippen LogP contribution < -0.4 is 5.32 Å². The molecule has 21 heavy (non-hydrogen) atoms. The maximum atomic E-state index is 12.4. The topological polar surface area (TPSA) is 42.0 Å². The molecule has 0 saturated heterocycles. The van der Waals surface area contributed by atoms with Crippen molar-refractivity contribution >= 4 is 39.7 Å². The Bertz CT molecular complexity index is 813. The molecule has 0 fully saturated rings. The number of aryl methyl sites for hydroxylation is 1. The quantitative estimate of drug-likeness (QED) is 0.736. The molecule has 0 bridgehead atoms. The third-order valence-corrected chi connectivity index (χ3v) is 4.34. The summed E-state index contributed by atoms with van der Waals surface area (Å²) in [5, 5.41) is 4.07. The molecule has 0 radical (unpaired) electrons. The Balaban J connectivity index is 1.87. The Hall–Kier alpha value is -1.91. The fourth-order valence-corrected chi connectivity index (χ4v) is 3.20. The molecule has 0 aliphatic carbocycles. The number of hydrogen-bond acceptors (Lipinski definition) is 3. The summed E-state index contributed by atoms with van der Waals surface area (Å²) in [6.45, 7) is 2.57. The molecule has 3 nitrogen and oxygen atoms in total. The van der Waals surface area contributed by atoms with Gasteiger partial charge in [0.1, 0.15) is 5.15 Å². The highest BCUT2D eigenvalue weighted by Crippen LogP contribution is 2.21. The highest BCUT2D eigenvalue weighted by atomic mass is 35.5. The normalized spacial score (nSPS) is 10.8. The summed E-state index contributed by atoms with van der Waals surface area (Å²) in [7, 11) is 0. The maximum Gasteiger partial charge on any atom is 0.252 e. The lowest BCUT2D eigenvalue weighted by Crippen LogP contribution is -2.22. The van der Waals surface area contributed by atoms with Crippen LogP contribution in [0, 0.1) is 6.92 Å². The summed E-state index contributed by atoms with van der Waals surface area (Å²) in [6.07, 6.45) is 0. The fraction of sp³-hybridized carbons (Fsp3) is 0.125. The number of nitrogens with one attached hydrogen (secondary N) is 1. The van der Waals surface area contributed by atoms with Gasteiger partial charge in [0, 0.05) is 15.1 Å². The summed E-state index contributed by atoms with van der Waals surface area (Å²) in [5.41, 5.74) is 1.28. The standard InChI is InChI=1S/C16H13ClN2OS/c1-10-6-7-11(21-10)9-18-16(20)13-8-15(17)19-14-5-3-2-4-12(13)14/h2-8H,9H2,1H3,(H,18,20). The van der Waals surface area contributed by atoms with Crippen molar-refractivity contribution < 1.29 is 4.79 Å². The minimum Gasteiger partial charge on any atom is -0.347 e. The lowest BCUT2D eigenvalue weighted by Gasteiger charge is -2.07. The summed E-state index contributed by atoms with van der Waals surface area (Å²) < 4.78 is 0. The number of carbonyl (C=O) groups is 1. The monoisotopic (exact) mass is 316 g/mol. The Labute approximate surface area is 131 Å². The molecule has 0 atom stereocenters. The van der Waals surface area contributed by atoms with Gasteiger partial charge in [-0.15, -0.1) is 11.3 Å². The Kier molecular flexibility index (Phi) is 3.90. The van der Waals surface area contributed by atoms with Gasteiger partial charge in [-0.1, -0.05) is 29.8 Å². The first kappa shape index (κ1) is 14.0. The molecular weight excluding hydrogens is 304 g/mol. The van der Waals surface area contributed by atoms with E-state index >= 15 is 0 Å². The zero-order chi connectivity index (χ0) is 14.8. The van der Waals surface area contributed by atoms with Crippen molar-refractivity contribution in [3.63, 3.8) is 0 Å². The lowest BCUT2D eigenvalue weighted by atomic mass is 10.1. The van der Waals surface area contributed by atoms with E-state index in [0.717, 1.165) is 15.8 Å². The highest BCUT2D eigenvalue weighted by molar-refractivity contribution is 7.11. The van der Waals surface area contributed by atoms with Crippen molar-refractivity contribution in [2.75, 3.05) is 0 Å². The van der Waals surface area contributed by atoms with Crippen LogP contribution in [0.25, 0.3) is 10.9 Å². The number of para-hydroxylation sites is 1. The van der Waals surface area contributed by atoms with E-state index < -0.39 is 0 Å². The van der Waals surface area contributed by atoms with Gasteiger partial charge in [0.15, 0.2) is 0 Å². The summed E-state index contributed by atoms with van der Waals surface area (Å²) in [4.78, 5) is 19.0. The van der Waals surface area contributed by atoms with Gasteiger partial charge in [0.05, 0.1) is 17.6 Å². The van der Waals surface area contributed by atoms with E-state index in [2.05, 4.69) is 10.3 Å². The first-order chi connectivity index (χ1) is 10.1. The van der Waals surface area contributed by atoms with Crippen LogP contribution in [-0.4, -0.2) is 10.9 Å². The number of fused-ring (bicyclic) bond motifs is 1. The van der Waals surface area contributed by atoms with E-state index in [1.165, 1.54) is 4.88 Å². The molecule has 2 aromatic heterocycles. The number of aromatic nitrogens is 1. The number of pyridine rings is 1. The molecule has 2 heterocycles. The number of rotatable bonds is 3. The van der Waals surface area contributed by atoms with Gasteiger partial charge in [0.2, 0.25) is 0 Å². The number of carbonyl (C=O) groups excluding carboxylic acids is 1. The molecule has 106 valence electrons. The molecule has 3 aromatic rings. The van der Waals surface area contributed by atoms with Gasteiger partial charge in [-0.05, 0) is 31.2 Å². The molecule has 0 aliphatic heterocycles. The van der Waals surface area contributed by atoms with Crippen LogP contribution in [0.15, 0.2) is 42.5 Å². The van der Waals surface area contributed by atoms with E-state index in [1.807, 2.05) is 43.3 Å². The maximum absolute atomic E-state index is 12.4. The average Bonchev–Trinajstić information content (AvgIpc) is 2.89. The Morgan fingerprint density at radius 1 is 1.29 bits per heavy atom. The molecule has 5 heteroatoms. The van der Waals surface area contributed by atoms with Crippen LogP contribution in [0.5, 0.6) is 0 Å². The zero-order valence-electron chi connectivity index (χ0n) is 11.4. The van der Waals surface area contributed by atoms with E-state index in [1.54, 1.807) is 17.4 Å². The molecular formula is C16H13ClN2OS. The SMILES string of the molecule is Cc1ccc(CNC(=O)c2cc(Cl)nc3ccccc23)s1. The van der Waals surface area contributed by atoms with Crippen LogP contribution in [0.2, 0.25) is 5.15 Å². The van der Waals surface area contributed by atoms with Crippen molar-refractivity contribution in [3.8, 4) is 0 Å². The van der Waals surface area contributed by atoms with Crippen molar-refractivity contribution in [2.24, 2.45) is 0 Å². The largest absolute Gasteiger partial charge is 0.347 e. The minimum absolute atomic E-state index is 0.137. The number of hydrogen-bond donors (Lipinski definition) is 1. The molecule has 1 N–H and O–H groups in total. The summed E-state index contributed by atoms with van der Waals surface area (Å²) in [6, 6.07) is 13.2. The minimum atomic E-state index is -0.137. The Morgan fingerprint density at radius 3 is 2.86 bits per heavy atom. The van der Waals surface area contributed by atoms with Crippen LogP contribution in [-0.2, 0) is 6.54 Å². The third-order valence-electron chi connectivity index (χ3n) is 3.15. The number of nitrogens with zero attached hydrogens (tertiary/aromatic N) is 1. The number of benzene rings is 1. The van der Waals surface area contributed by atoms with Gasteiger partial charge < -0.3 is 5.32 Å². The average molecular weight is 317 g/mol. The van der Waals surface area contributed by atoms with Gasteiger partial charge in [-0.3, -0.25) is 4.79 Å². The number of halogens is 1. The molecule has 0 aliphatic rings. The third kappa shape index (κ3) is 3.06. The van der Waals surface area contributed by atoms with E-state index in [4.69, 9.17) is 11.6 Å². The second kappa shape index (κ2) is 5.84. The first-order valence-corrected chi connectivity index (χ1v) is 7.72. The molecule has 0 spiro atoms. The van der Waals surface area contributed by atoms with Crippen molar-refractivity contribution in [1.29, 1.82) is 0 Å². The molecule has 0 saturated carbocycles. The van der Waals surface area contributed by atoms with Crippen molar-refractivity contribution in [3.05, 3.63) is 62.9 Å². The van der Waals surface area contributed by atoms with Crippen LogP contribution in [0.4, 0.5) is 0 Å². The summed E-state index contributed by atoms with van der Waals surface area (Å²) >= 11 is 7.68. The lowest BCUT2D eigenvalue weighted by molar-refractivity contribution is 0.0953.